The number of ether oxygens (including phenoxy) is 1. The van der Waals surface area contributed by atoms with Crippen molar-refractivity contribution >= 4 is 24.3 Å². The second kappa shape index (κ2) is 5.43. The van der Waals surface area contributed by atoms with Crippen LogP contribution in [0.15, 0.2) is 0 Å². The Bertz CT molecular complexity index is 275. The molecule has 0 aliphatic carbocycles. The highest BCUT2D eigenvalue weighted by atomic mass is 32.2. The topological polar surface area (TPSA) is 67.4 Å². The van der Waals surface area contributed by atoms with Crippen molar-refractivity contribution in [1.82, 2.24) is 10.6 Å². The summed E-state index contributed by atoms with van der Waals surface area (Å²) in [5.74, 6) is 0.999. The summed E-state index contributed by atoms with van der Waals surface area (Å²) in [5, 5.41) is 6.37. The van der Waals surface area contributed by atoms with Gasteiger partial charge in [0.1, 0.15) is 0 Å². The third-order valence-corrected chi connectivity index (χ3v) is 4.52. The molecule has 0 radical (unpaired) electrons. The molecule has 2 aliphatic heterocycles. The maximum absolute atomic E-state index is 11.1. The van der Waals surface area contributed by atoms with Crippen LogP contribution < -0.4 is 10.6 Å². The van der Waals surface area contributed by atoms with Gasteiger partial charge in [0.25, 0.3) is 6.47 Å². The Morgan fingerprint density at radius 3 is 3.12 bits per heavy atom. The van der Waals surface area contributed by atoms with Gasteiger partial charge in [-0.3, -0.25) is 4.79 Å². The first kappa shape index (κ1) is 11.6. The molecule has 2 heterocycles. The van der Waals surface area contributed by atoms with Crippen molar-refractivity contribution in [2.24, 2.45) is 0 Å². The molecule has 0 aromatic heterocycles. The van der Waals surface area contributed by atoms with E-state index in [-0.39, 0.29) is 12.1 Å². The highest BCUT2D eigenvalue weighted by Gasteiger charge is 2.42. The predicted octanol–water partition coefficient (Wildman–Crippen LogP) is 0.495. The van der Waals surface area contributed by atoms with Crippen LogP contribution in [0, 0.1) is 0 Å². The number of carbonyl (C=O) groups excluding carboxylic acids is 2. The van der Waals surface area contributed by atoms with Gasteiger partial charge < -0.3 is 15.4 Å². The average molecular weight is 244 g/mol. The fraction of sp³-hybridized carbons (Fsp3) is 0.800. The number of urea groups is 1. The Balaban J connectivity index is 1.66. The summed E-state index contributed by atoms with van der Waals surface area (Å²) >= 11 is 1.91. The molecule has 2 aliphatic rings. The summed E-state index contributed by atoms with van der Waals surface area (Å²) < 4.78 is 4.63. The Morgan fingerprint density at radius 1 is 1.44 bits per heavy atom. The molecule has 0 saturated carbocycles. The van der Waals surface area contributed by atoms with E-state index < -0.39 is 0 Å². The van der Waals surface area contributed by atoms with Gasteiger partial charge in [0, 0.05) is 11.0 Å². The van der Waals surface area contributed by atoms with Crippen molar-refractivity contribution in [3.05, 3.63) is 0 Å². The fourth-order valence-electron chi connectivity index (χ4n) is 2.22. The third kappa shape index (κ3) is 2.61. The molecule has 5 nitrogen and oxygen atoms in total. The lowest BCUT2D eigenvalue weighted by molar-refractivity contribution is -0.128. The van der Waals surface area contributed by atoms with E-state index in [2.05, 4.69) is 15.4 Å². The SMILES string of the molecule is O=COCCCC[C@@H]1SC[C@@H]2NC(=O)N[C@@H]21. The van der Waals surface area contributed by atoms with Gasteiger partial charge in [-0.15, -0.1) is 0 Å². The van der Waals surface area contributed by atoms with Gasteiger partial charge in [0.05, 0.1) is 18.7 Å². The molecule has 2 saturated heterocycles. The molecule has 2 N–H and O–H groups in total. The first-order chi connectivity index (χ1) is 7.81. The summed E-state index contributed by atoms with van der Waals surface area (Å²) in [6.07, 6.45) is 3.00. The van der Waals surface area contributed by atoms with Crippen LogP contribution in [0.2, 0.25) is 0 Å². The fourth-order valence-corrected chi connectivity index (χ4v) is 3.77. The van der Waals surface area contributed by atoms with Gasteiger partial charge in [0.15, 0.2) is 0 Å². The number of rotatable bonds is 6. The molecule has 0 unspecified atom stereocenters. The van der Waals surface area contributed by atoms with Crippen LogP contribution in [0.4, 0.5) is 4.79 Å². The van der Waals surface area contributed by atoms with Crippen molar-refractivity contribution in [2.75, 3.05) is 12.4 Å². The summed E-state index contributed by atoms with van der Waals surface area (Å²) in [6, 6.07) is 0.544. The van der Waals surface area contributed by atoms with Gasteiger partial charge in [-0.25, -0.2) is 4.79 Å². The number of amides is 2. The number of nitrogens with one attached hydrogen (secondary N) is 2. The average Bonchev–Trinajstić information content (AvgIpc) is 2.78. The zero-order chi connectivity index (χ0) is 11.4. The van der Waals surface area contributed by atoms with E-state index in [4.69, 9.17) is 0 Å². The number of carbonyl (C=O) groups is 2. The number of thioether (sulfide) groups is 1. The minimum atomic E-state index is -0.0374. The molecule has 2 amide bonds. The molecule has 90 valence electrons. The van der Waals surface area contributed by atoms with Crippen LogP contribution in [0.3, 0.4) is 0 Å². The zero-order valence-corrected chi connectivity index (χ0v) is 9.79. The third-order valence-electron chi connectivity index (χ3n) is 3.01. The summed E-state index contributed by atoms with van der Waals surface area (Å²) in [4.78, 5) is 21.1. The van der Waals surface area contributed by atoms with Gasteiger partial charge in [-0.05, 0) is 19.3 Å². The Kier molecular flexibility index (Phi) is 3.93. The quantitative estimate of drug-likeness (QED) is 0.405. The van der Waals surface area contributed by atoms with Crippen molar-refractivity contribution < 1.29 is 14.3 Å². The Morgan fingerprint density at radius 2 is 2.31 bits per heavy atom. The molecule has 0 aromatic carbocycles. The Labute approximate surface area is 98.7 Å². The zero-order valence-electron chi connectivity index (χ0n) is 8.98. The minimum absolute atomic E-state index is 0.0374. The van der Waals surface area contributed by atoms with E-state index in [9.17, 15) is 9.59 Å². The number of unbranched alkanes of at least 4 members (excludes halogenated alkanes) is 1. The van der Waals surface area contributed by atoms with E-state index in [1.54, 1.807) is 0 Å². The number of hydrogen-bond acceptors (Lipinski definition) is 4. The molecular formula is C10H16N2O3S. The standard InChI is InChI=1S/C10H16N2O3S/c13-6-15-4-2-1-3-8-9-7(5-16-8)11-10(14)12-9/h6-9H,1-5H2,(H2,11,12,14)/t7-,8-,9-/m0/s1. The molecule has 0 bridgehead atoms. The van der Waals surface area contributed by atoms with Crippen LogP contribution in [0.1, 0.15) is 19.3 Å². The molecule has 0 aromatic rings. The van der Waals surface area contributed by atoms with Gasteiger partial charge in [-0.2, -0.15) is 11.8 Å². The molecule has 2 rings (SSSR count). The normalized spacial score (nSPS) is 31.8. The first-order valence-electron chi connectivity index (χ1n) is 5.55. The van der Waals surface area contributed by atoms with Gasteiger partial charge in [-0.1, -0.05) is 0 Å². The molecule has 3 atom stereocenters. The van der Waals surface area contributed by atoms with E-state index in [1.165, 1.54) is 0 Å². The lowest BCUT2D eigenvalue weighted by Crippen LogP contribution is -2.36. The van der Waals surface area contributed by atoms with Crippen LogP contribution in [0.5, 0.6) is 0 Å². The molecule has 6 heteroatoms. The van der Waals surface area contributed by atoms with Crippen molar-refractivity contribution in [2.45, 2.75) is 36.6 Å². The van der Waals surface area contributed by atoms with Gasteiger partial charge >= 0.3 is 6.03 Å². The van der Waals surface area contributed by atoms with Crippen molar-refractivity contribution in [3.8, 4) is 0 Å². The predicted molar refractivity (Wildman–Crippen MR) is 61.4 cm³/mol. The lowest BCUT2D eigenvalue weighted by Gasteiger charge is -2.16. The highest BCUT2D eigenvalue weighted by Crippen LogP contribution is 2.32. The lowest BCUT2D eigenvalue weighted by atomic mass is 10.0. The van der Waals surface area contributed by atoms with Crippen LogP contribution in [-0.4, -0.2) is 42.2 Å². The second-order valence-electron chi connectivity index (χ2n) is 4.08. The summed E-state index contributed by atoms with van der Waals surface area (Å²) in [7, 11) is 0. The minimum Gasteiger partial charge on any atom is -0.468 e. The monoisotopic (exact) mass is 244 g/mol. The van der Waals surface area contributed by atoms with E-state index in [0.29, 0.717) is 24.4 Å². The molecule has 16 heavy (non-hydrogen) atoms. The van der Waals surface area contributed by atoms with E-state index >= 15 is 0 Å². The summed E-state index contributed by atoms with van der Waals surface area (Å²) in [5.41, 5.74) is 0. The smallest absolute Gasteiger partial charge is 0.315 e. The van der Waals surface area contributed by atoms with E-state index in [1.807, 2.05) is 11.8 Å². The summed E-state index contributed by atoms with van der Waals surface area (Å²) in [6.45, 7) is 0.987. The van der Waals surface area contributed by atoms with Crippen LogP contribution >= 0.6 is 11.8 Å². The van der Waals surface area contributed by atoms with E-state index in [0.717, 1.165) is 25.0 Å². The molecule has 2 fully saturated rings. The number of fused-ring (bicyclic) bond motifs is 1. The maximum Gasteiger partial charge on any atom is 0.315 e. The Hall–Kier alpha value is -0.910. The van der Waals surface area contributed by atoms with Crippen LogP contribution in [0.25, 0.3) is 0 Å². The number of hydrogen-bond donors (Lipinski definition) is 2. The highest BCUT2D eigenvalue weighted by molar-refractivity contribution is 8.00. The molecular weight excluding hydrogens is 228 g/mol. The second-order valence-corrected chi connectivity index (χ2v) is 5.36. The van der Waals surface area contributed by atoms with Crippen molar-refractivity contribution in [1.29, 1.82) is 0 Å². The molecule has 0 spiro atoms. The van der Waals surface area contributed by atoms with Crippen LogP contribution in [-0.2, 0) is 9.53 Å². The van der Waals surface area contributed by atoms with Gasteiger partial charge in [0.2, 0.25) is 0 Å². The maximum atomic E-state index is 11.1. The first-order valence-corrected chi connectivity index (χ1v) is 6.60. The largest absolute Gasteiger partial charge is 0.468 e. The van der Waals surface area contributed by atoms with Crippen molar-refractivity contribution in [3.63, 3.8) is 0 Å².